The van der Waals surface area contributed by atoms with Gasteiger partial charge in [0, 0.05) is 0 Å². The first-order valence-corrected chi connectivity index (χ1v) is 7.20. The molecule has 0 aliphatic carbocycles. The fourth-order valence-corrected chi connectivity index (χ4v) is 2.37. The zero-order valence-corrected chi connectivity index (χ0v) is 12.1. The van der Waals surface area contributed by atoms with Gasteiger partial charge in [0.2, 0.25) is 5.82 Å². The average Bonchev–Trinajstić information content (AvgIpc) is 3.16. The summed E-state index contributed by atoms with van der Waals surface area (Å²) in [5, 5.41) is 5.79. The van der Waals surface area contributed by atoms with Crippen LogP contribution in [0.25, 0.3) is 10.7 Å². The summed E-state index contributed by atoms with van der Waals surface area (Å²) >= 11 is 1.52. The summed E-state index contributed by atoms with van der Waals surface area (Å²) in [6.45, 7) is 1.92. The molecule has 0 unspecified atom stereocenters. The van der Waals surface area contributed by atoms with Gasteiger partial charge in [0.15, 0.2) is 6.61 Å². The van der Waals surface area contributed by atoms with Crippen molar-refractivity contribution in [2.45, 2.75) is 13.5 Å². The van der Waals surface area contributed by atoms with E-state index >= 15 is 0 Å². The number of rotatable bonds is 4. The predicted octanol–water partition coefficient (Wildman–Crippen LogP) is 3.46. The second kappa shape index (κ2) is 5.88. The van der Waals surface area contributed by atoms with Crippen LogP contribution in [0, 0.1) is 6.92 Å². The van der Waals surface area contributed by atoms with Crippen molar-refractivity contribution < 1.29 is 14.1 Å². The van der Waals surface area contributed by atoms with Crippen LogP contribution >= 0.6 is 11.3 Å². The van der Waals surface area contributed by atoms with Crippen LogP contribution in [0.1, 0.15) is 21.8 Å². The molecule has 0 aliphatic heterocycles. The van der Waals surface area contributed by atoms with Crippen molar-refractivity contribution in [2.24, 2.45) is 0 Å². The van der Waals surface area contributed by atoms with Crippen LogP contribution in [0.2, 0.25) is 0 Å². The van der Waals surface area contributed by atoms with Gasteiger partial charge in [-0.25, -0.2) is 4.79 Å². The number of thiophene rings is 1. The molecule has 0 bridgehead atoms. The number of carbonyl (C=O) groups is 1. The van der Waals surface area contributed by atoms with Gasteiger partial charge < -0.3 is 9.26 Å². The highest BCUT2D eigenvalue weighted by molar-refractivity contribution is 7.13. The van der Waals surface area contributed by atoms with E-state index in [0.29, 0.717) is 11.4 Å². The van der Waals surface area contributed by atoms with E-state index in [-0.39, 0.29) is 12.5 Å². The lowest BCUT2D eigenvalue weighted by Crippen LogP contribution is -2.05. The summed E-state index contributed by atoms with van der Waals surface area (Å²) in [6, 6.07) is 11.0. The fourth-order valence-electron chi connectivity index (χ4n) is 1.72. The van der Waals surface area contributed by atoms with Crippen molar-refractivity contribution in [1.29, 1.82) is 0 Å². The molecule has 0 saturated carbocycles. The highest BCUT2D eigenvalue weighted by Crippen LogP contribution is 2.21. The topological polar surface area (TPSA) is 65.2 Å². The smallest absolute Gasteiger partial charge is 0.338 e. The lowest BCUT2D eigenvalue weighted by atomic mass is 10.1. The molecule has 0 N–H and O–H groups in total. The molecule has 6 heteroatoms. The number of hydrogen-bond donors (Lipinski definition) is 0. The highest BCUT2D eigenvalue weighted by Gasteiger charge is 2.12. The Morgan fingerprint density at radius 3 is 2.81 bits per heavy atom. The van der Waals surface area contributed by atoms with Gasteiger partial charge in [0.25, 0.3) is 5.89 Å². The van der Waals surface area contributed by atoms with E-state index in [1.807, 2.05) is 36.6 Å². The summed E-state index contributed by atoms with van der Waals surface area (Å²) in [7, 11) is 0. The number of hydrogen-bond acceptors (Lipinski definition) is 6. The van der Waals surface area contributed by atoms with E-state index < -0.39 is 5.97 Å². The molecule has 106 valence electrons. The van der Waals surface area contributed by atoms with E-state index in [1.54, 1.807) is 12.1 Å². The molecule has 0 atom stereocenters. The van der Waals surface area contributed by atoms with Crippen molar-refractivity contribution in [3.8, 4) is 10.7 Å². The molecule has 3 aromatic rings. The highest BCUT2D eigenvalue weighted by atomic mass is 32.1. The molecule has 0 saturated heterocycles. The van der Waals surface area contributed by atoms with Gasteiger partial charge in [0.05, 0.1) is 10.4 Å². The quantitative estimate of drug-likeness (QED) is 0.690. The Balaban J connectivity index is 1.62. The first-order chi connectivity index (χ1) is 10.2. The Morgan fingerprint density at radius 1 is 1.29 bits per heavy atom. The van der Waals surface area contributed by atoms with E-state index in [9.17, 15) is 4.79 Å². The van der Waals surface area contributed by atoms with Crippen molar-refractivity contribution in [2.75, 3.05) is 0 Å². The maximum absolute atomic E-state index is 11.9. The Kier molecular flexibility index (Phi) is 3.79. The standard InChI is InChI=1S/C15H12N2O3S/c1-10-4-6-11(7-5-10)15(18)19-9-13-16-14(17-20-13)12-3-2-8-21-12/h2-8H,9H2,1H3. The third-order valence-corrected chi connectivity index (χ3v) is 3.69. The Labute approximate surface area is 125 Å². The maximum Gasteiger partial charge on any atom is 0.338 e. The normalized spacial score (nSPS) is 10.5. The van der Waals surface area contributed by atoms with Gasteiger partial charge in [-0.05, 0) is 30.5 Å². The monoisotopic (exact) mass is 300 g/mol. The van der Waals surface area contributed by atoms with Crippen LogP contribution in [-0.2, 0) is 11.3 Å². The third-order valence-electron chi connectivity index (χ3n) is 2.82. The number of esters is 1. The van der Waals surface area contributed by atoms with Crippen LogP contribution < -0.4 is 0 Å². The van der Waals surface area contributed by atoms with Gasteiger partial charge >= 0.3 is 5.97 Å². The Bertz CT molecular complexity index is 733. The molecule has 5 nitrogen and oxygen atoms in total. The molecule has 2 aromatic heterocycles. The minimum Gasteiger partial charge on any atom is -0.452 e. The molecule has 2 heterocycles. The minimum atomic E-state index is -0.411. The lowest BCUT2D eigenvalue weighted by Gasteiger charge is -2.01. The first-order valence-electron chi connectivity index (χ1n) is 6.32. The summed E-state index contributed by atoms with van der Waals surface area (Å²) in [6.07, 6.45) is 0. The van der Waals surface area contributed by atoms with E-state index in [2.05, 4.69) is 10.1 Å². The summed E-state index contributed by atoms with van der Waals surface area (Å²) in [5.74, 6) is 0.371. The third kappa shape index (κ3) is 3.17. The molecule has 21 heavy (non-hydrogen) atoms. The van der Waals surface area contributed by atoms with Gasteiger partial charge in [0.1, 0.15) is 0 Å². The second-order valence-electron chi connectivity index (χ2n) is 4.43. The predicted molar refractivity (Wildman–Crippen MR) is 77.9 cm³/mol. The number of nitrogens with zero attached hydrogens (tertiary/aromatic N) is 2. The zero-order chi connectivity index (χ0) is 14.7. The molecule has 0 aliphatic rings. The number of aromatic nitrogens is 2. The maximum atomic E-state index is 11.9. The van der Waals surface area contributed by atoms with Crippen molar-refractivity contribution >= 4 is 17.3 Å². The number of carbonyl (C=O) groups excluding carboxylic acids is 1. The molecular formula is C15H12N2O3S. The Morgan fingerprint density at radius 2 is 2.10 bits per heavy atom. The van der Waals surface area contributed by atoms with Crippen LogP contribution in [0.15, 0.2) is 46.3 Å². The van der Waals surface area contributed by atoms with Crippen LogP contribution in [-0.4, -0.2) is 16.1 Å². The number of benzene rings is 1. The molecule has 3 rings (SSSR count). The molecule has 0 fully saturated rings. The largest absolute Gasteiger partial charge is 0.452 e. The average molecular weight is 300 g/mol. The van der Waals surface area contributed by atoms with Gasteiger partial charge in [-0.15, -0.1) is 11.3 Å². The zero-order valence-electron chi connectivity index (χ0n) is 11.3. The van der Waals surface area contributed by atoms with Crippen molar-refractivity contribution in [1.82, 2.24) is 10.1 Å². The summed E-state index contributed by atoms with van der Waals surface area (Å²) in [5.41, 5.74) is 1.59. The molecule has 0 spiro atoms. The fraction of sp³-hybridized carbons (Fsp3) is 0.133. The minimum absolute atomic E-state index is 0.0366. The number of ether oxygens (including phenoxy) is 1. The van der Waals surface area contributed by atoms with Crippen LogP contribution in [0.4, 0.5) is 0 Å². The molecule has 0 radical (unpaired) electrons. The number of aryl methyl sites for hydroxylation is 1. The SMILES string of the molecule is Cc1ccc(C(=O)OCc2nc(-c3cccs3)no2)cc1. The van der Waals surface area contributed by atoms with Crippen LogP contribution in [0.3, 0.4) is 0 Å². The van der Waals surface area contributed by atoms with Gasteiger partial charge in [-0.1, -0.05) is 28.9 Å². The van der Waals surface area contributed by atoms with E-state index in [0.717, 1.165) is 10.4 Å². The van der Waals surface area contributed by atoms with Crippen molar-refractivity contribution in [3.05, 3.63) is 58.8 Å². The van der Waals surface area contributed by atoms with Crippen molar-refractivity contribution in [3.63, 3.8) is 0 Å². The molecule has 0 amide bonds. The van der Waals surface area contributed by atoms with E-state index in [4.69, 9.17) is 9.26 Å². The van der Waals surface area contributed by atoms with E-state index in [1.165, 1.54) is 11.3 Å². The Hall–Kier alpha value is -2.47. The van der Waals surface area contributed by atoms with Gasteiger partial charge in [-0.2, -0.15) is 4.98 Å². The first kappa shape index (κ1) is 13.5. The molecular weight excluding hydrogens is 288 g/mol. The summed E-state index contributed by atoms with van der Waals surface area (Å²) in [4.78, 5) is 17.0. The summed E-state index contributed by atoms with van der Waals surface area (Å²) < 4.78 is 10.2. The van der Waals surface area contributed by atoms with Gasteiger partial charge in [-0.3, -0.25) is 0 Å². The lowest BCUT2D eigenvalue weighted by molar-refractivity contribution is 0.0430. The van der Waals surface area contributed by atoms with Crippen LogP contribution in [0.5, 0.6) is 0 Å². The molecule has 1 aromatic carbocycles. The second-order valence-corrected chi connectivity index (χ2v) is 5.38.